The van der Waals surface area contributed by atoms with Crippen molar-refractivity contribution in [2.24, 2.45) is 7.05 Å². The first-order chi connectivity index (χ1) is 10.1. The van der Waals surface area contributed by atoms with Crippen LogP contribution in [0.3, 0.4) is 0 Å². The van der Waals surface area contributed by atoms with E-state index < -0.39 is 11.0 Å². The molecule has 3 aromatic rings. The van der Waals surface area contributed by atoms with E-state index in [1.807, 2.05) is 42.1 Å². The fraction of sp³-hybridized carbons (Fsp3) is 0.125. The zero-order valence-electron chi connectivity index (χ0n) is 11.4. The van der Waals surface area contributed by atoms with Gasteiger partial charge in [0.1, 0.15) is 6.10 Å². The summed E-state index contributed by atoms with van der Waals surface area (Å²) in [5.74, 6) is 0. The van der Waals surface area contributed by atoms with Crippen LogP contribution in [0, 0.1) is 10.1 Å². The molecule has 5 heteroatoms. The van der Waals surface area contributed by atoms with Crippen molar-refractivity contribution in [3.8, 4) is 0 Å². The highest BCUT2D eigenvalue weighted by atomic mass is 16.6. The largest absolute Gasteiger partial charge is 0.384 e. The number of aliphatic hydroxyl groups is 1. The summed E-state index contributed by atoms with van der Waals surface area (Å²) in [6.07, 6.45) is 1.08. The summed E-state index contributed by atoms with van der Waals surface area (Å²) in [6.45, 7) is 0. The van der Waals surface area contributed by atoms with Gasteiger partial charge in [-0.1, -0.05) is 18.2 Å². The number of hydrogen-bond acceptors (Lipinski definition) is 3. The zero-order chi connectivity index (χ0) is 15.0. The molecule has 1 heterocycles. The van der Waals surface area contributed by atoms with Crippen molar-refractivity contribution in [3.63, 3.8) is 0 Å². The number of rotatable bonds is 3. The second kappa shape index (κ2) is 5.03. The standard InChI is InChI=1S/C16H14N2O3/c1-17-10-14(13-4-2-3-5-15(13)17)16(19)11-6-8-12(9-7-11)18(20)21/h2-10,16,19H,1H3. The molecule has 5 nitrogen and oxygen atoms in total. The van der Waals surface area contributed by atoms with E-state index in [9.17, 15) is 15.2 Å². The van der Waals surface area contributed by atoms with Gasteiger partial charge in [0.2, 0.25) is 0 Å². The van der Waals surface area contributed by atoms with Crippen LogP contribution in [0.2, 0.25) is 0 Å². The number of aliphatic hydroxyl groups excluding tert-OH is 1. The van der Waals surface area contributed by atoms with E-state index in [4.69, 9.17) is 0 Å². The van der Waals surface area contributed by atoms with Crippen molar-refractivity contribution in [2.45, 2.75) is 6.10 Å². The molecule has 0 aliphatic heterocycles. The van der Waals surface area contributed by atoms with E-state index in [2.05, 4.69) is 0 Å². The quantitative estimate of drug-likeness (QED) is 0.592. The summed E-state index contributed by atoms with van der Waals surface area (Å²) < 4.78 is 1.96. The number of hydrogen-bond donors (Lipinski definition) is 1. The molecule has 1 atom stereocenters. The number of para-hydroxylation sites is 1. The molecule has 2 aromatic carbocycles. The fourth-order valence-corrected chi connectivity index (χ4v) is 2.55. The Morgan fingerprint density at radius 2 is 1.81 bits per heavy atom. The van der Waals surface area contributed by atoms with Gasteiger partial charge in [-0.25, -0.2) is 0 Å². The first kappa shape index (κ1) is 13.3. The van der Waals surface area contributed by atoms with E-state index in [1.165, 1.54) is 12.1 Å². The number of nitrogens with zero attached hydrogens (tertiary/aromatic N) is 2. The molecule has 106 valence electrons. The second-order valence-corrected chi connectivity index (χ2v) is 4.96. The van der Waals surface area contributed by atoms with Gasteiger partial charge < -0.3 is 9.67 Å². The summed E-state index contributed by atoms with van der Waals surface area (Å²) in [5, 5.41) is 22.2. The van der Waals surface area contributed by atoms with E-state index in [0.717, 1.165) is 16.5 Å². The summed E-state index contributed by atoms with van der Waals surface area (Å²) >= 11 is 0. The molecular weight excluding hydrogens is 268 g/mol. The van der Waals surface area contributed by atoms with Crippen LogP contribution in [-0.2, 0) is 7.05 Å². The first-order valence-corrected chi connectivity index (χ1v) is 6.54. The second-order valence-electron chi connectivity index (χ2n) is 4.96. The Morgan fingerprint density at radius 3 is 2.48 bits per heavy atom. The normalized spacial score (nSPS) is 12.5. The molecule has 21 heavy (non-hydrogen) atoms. The molecule has 0 saturated heterocycles. The maximum Gasteiger partial charge on any atom is 0.269 e. The predicted molar refractivity (Wildman–Crippen MR) is 80.1 cm³/mol. The third kappa shape index (κ3) is 2.28. The molecule has 3 rings (SSSR count). The molecule has 0 aliphatic carbocycles. The molecule has 0 amide bonds. The maximum atomic E-state index is 10.7. The molecule has 1 N–H and O–H groups in total. The number of nitro benzene ring substituents is 1. The fourth-order valence-electron chi connectivity index (χ4n) is 2.55. The highest BCUT2D eigenvalue weighted by molar-refractivity contribution is 5.84. The highest BCUT2D eigenvalue weighted by Crippen LogP contribution is 2.30. The van der Waals surface area contributed by atoms with Crippen LogP contribution in [0.15, 0.2) is 54.7 Å². The Balaban J connectivity index is 2.04. The molecule has 1 unspecified atom stereocenters. The number of aromatic nitrogens is 1. The average Bonchev–Trinajstić information content (AvgIpc) is 2.84. The van der Waals surface area contributed by atoms with E-state index >= 15 is 0 Å². The van der Waals surface area contributed by atoms with E-state index in [0.29, 0.717) is 5.56 Å². The van der Waals surface area contributed by atoms with Gasteiger partial charge in [-0.2, -0.15) is 0 Å². The van der Waals surface area contributed by atoms with Crippen LogP contribution in [0.25, 0.3) is 10.9 Å². The van der Waals surface area contributed by atoms with E-state index in [1.54, 1.807) is 12.1 Å². The van der Waals surface area contributed by atoms with Gasteiger partial charge in [-0.15, -0.1) is 0 Å². The number of nitro groups is 1. The minimum Gasteiger partial charge on any atom is -0.384 e. The lowest BCUT2D eigenvalue weighted by Crippen LogP contribution is -1.99. The Kier molecular flexibility index (Phi) is 3.19. The van der Waals surface area contributed by atoms with Gasteiger partial charge >= 0.3 is 0 Å². The zero-order valence-corrected chi connectivity index (χ0v) is 11.4. The van der Waals surface area contributed by atoms with Crippen molar-refractivity contribution in [1.29, 1.82) is 0 Å². The highest BCUT2D eigenvalue weighted by Gasteiger charge is 2.17. The third-order valence-electron chi connectivity index (χ3n) is 3.64. The van der Waals surface area contributed by atoms with Crippen LogP contribution in [0.5, 0.6) is 0 Å². The molecule has 0 saturated carbocycles. The Labute approximate surface area is 121 Å². The molecule has 0 fully saturated rings. The summed E-state index contributed by atoms with van der Waals surface area (Å²) in [6, 6.07) is 13.8. The van der Waals surface area contributed by atoms with Gasteiger partial charge in [-0.3, -0.25) is 10.1 Å². The lowest BCUT2D eigenvalue weighted by molar-refractivity contribution is -0.384. The molecular formula is C16H14N2O3. The topological polar surface area (TPSA) is 68.3 Å². The van der Waals surface area contributed by atoms with Crippen LogP contribution < -0.4 is 0 Å². The predicted octanol–water partition coefficient (Wildman–Crippen LogP) is 3.17. The third-order valence-corrected chi connectivity index (χ3v) is 3.64. The Bertz CT molecular complexity index is 806. The van der Waals surface area contributed by atoms with Crippen LogP contribution in [0.1, 0.15) is 17.2 Å². The van der Waals surface area contributed by atoms with Crippen LogP contribution in [0.4, 0.5) is 5.69 Å². The number of non-ortho nitro benzene ring substituents is 1. The molecule has 1 aromatic heterocycles. The number of benzene rings is 2. The van der Waals surface area contributed by atoms with Gasteiger partial charge in [0.25, 0.3) is 5.69 Å². The maximum absolute atomic E-state index is 10.7. The smallest absolute Gasteiger partial charge is 0.269 e. The van der Waals surface area contributed by atoms with Gasteiger partial charge in [0, 0.05) is 41.8 Å². The van der Waals surface area contributed by atoms with Gasteiger partial charge in [0.15, 0.2) is 0 Å². The van der Waals surface area contributed by atoms with Crippen molar-refractivity contribution in [2.75, 3.05) is 0 Å². The van der Waals surface area contributed by atoms with Crippen molar-refractivity contribution >= 4 is 16.6 Å². The van der Waals surface area contributed by atoms with Crippen LogP contribution >= 0.6 is 0 Å². The lowest BCUT2D eigenvalue weighted by atomic mass is 10.0. The molecule has 0 aliphatic rings. The van der Waals surface area contributed by atoms with E-state index in [-0.39, 0.29) is 5.69 Å². The van der Waals surface area contributed by atoms with Crippen molar-refractivity contribution in [3.05, 3.63) is 76.0 Å². The monoisotopic (exact) mass is 282 g/mol. The molecule has 0 spiro atoms. The van der Waals surface area contributed by atoms with Crippen molar-refractivity contribution < 1.29 is 10.0 Å². The molecule has 0 bridgehead atoms. The summed E-state index contributed by atoms with van der Waals surface area (Å²) in [5.41, 5.74) is 2.48. The Hall–Kier alpha value is -2.66. The lowest BCUT2D eigenvalue weighted by Gasteiger charge is -2.10. The number of fused-ring (bicyclic) bond motifs is 1. The summed E-state index contributed by atoms with van der Waals surface area (Å²) in [7, 11) is 1.92. The SMILES string of the molecule is Cn1cc(C(O)c2ccc([N+](=O)[O-])cc2)c2ccccc21. The van der Waals surface area contributed by atoms with Gasteiger partial charge in [0.05, 0.1) is 4.92 Å². The Morgan fingerprint density at radius 1 is 1.14 bits per heavy atom. The average molecular weight is 282 g/mol. The number of aryl methyl sites for hydroxylation is 1. The summed E-state index contributed by atoms with van der Waals surface area (Å²) in [4.78, 5) is 10.2. The van der Waals surface area contributed by atoms with Crippen molar-refractivity contribution in [1.82, 2.24) is 4.57 Å². The minimum atomic E-state index is -0.808. The van der Waals surface area contributed by atoms with Gasteiger partial charge in [-0.05, 0) is 23.8 Å². The minimum absolute atomic E-state index is 0.0175. The first-order valence-electron chi connectivity index (χ1n) is 6.54. The van der Waals surface area contributed by atoms with Crippen LogP contribution in [-0.4, -0.2) is 14.6 Å². The molecule has 0 radical (unpaired) electrons.